The van der Waals surface area contributed by atoms with Crippen molar-refractivity contribution < 1.29 is 17.9 Å². The second-order valence-electron chi connectivity index (χ2n) is 5.85. The Morgan fingerprint density at radius 3 is 2.84 bits per heavy atom. The molecule has 1 aromatic carbocycles. The van der Waals surface area contributed by atoms with Gasteiger partial charge in [-0.25, -0.2) is 8.42 Å². The van der Waals surface area contributed by atoms with Crippen LogP contribution in [-0.2, 0) is 27.9 Å². The van der Waals surface area contributed by atoms with Gasteiger partial charge in [0.1, 0.15) is 5.75 Å². The summed E-state index contributed by atoms with van der Waals surface area (Å²) in [5.74, 6) is 0.152. The van der Waals surface area contributed by atoms with Crippen LogP contribution in [0.4, 0.5) is 5.69 Å². The Kier molecular flexibility index (Phi) is 4.53. The van der Waals surface area contributed by atoms with E-state index in [1.54, 1.807) is 10.7 Å². The average Bonchev–Trinajstić information content (AvgIpc) is 2.94. The molecule has 9 heteroatoms. The quantitative estimate of drug-likeness (QED) is 0.865. The molecule has 0 fully saturated rings. The number of carbonyl (C=O) groups is 1. The Labute approximate surface area is 146 Å². The summed E-state index contributed by atoms with van der Waals surface area (Å²) in [5.41, 5.74) is 2.01. The highest BCUT2D eigenvalue weighted by Gasteiger charge is 2.25. The molecule has 2 heterocycles. The van der Waals surface area contributed by atoms with Crippen molar-refractivity contribution in [3.05, 3.63) is 35.7 Å². The van der Waals surface area contributed by atoms with Crippen LogP contribution in [0, 0.1) is 6.92 Å². The number of rotatable bonds is 5. The lowest BCUT2D eigenvalue weighted by atomic mass is 10.2. The van der Waals surface area contributed by atoms with E-state index < -0.39 is 10.0 Å². The number of carbonyl (C=O) groups excluding carboxylic acids is 1. The number of benzene rings is 1. The Morgan fingerprint density at radius 1 is 1.40 bits per heavy atom. The van der Waals surface area contributed by atoms with Crippen molar-refractivity contribution >= 4 is 21.6 Å². The molecule has 0 saturated heterocycles. The molecule has 1 aromatic heterocycles. The van der Waals surface area contributed by atoms with Gasteiger partial charge in [-0.1, -0.05) is 0 Å². The van der Waals surface area contributed by atoms with E-state index >= 15 is 0 Å². The Bertz CT molecular complexity index is 920. The van der Waals surface area contributed by atoms with E-state index in [9.17, 15) is 13.2 Å². The van der Waals surface area contributed by atoms with E-state index in [0.29, 0.717) is 11.4 Å². The molecule has 0 bridgehead atoms. The van der Waals surface area contributed by atoms with Gasteiger partial charge >= 0.3 is 0 Å². The van der Waals surface area contributed by atoms with Gasteiger partial charge in [0.05, 0.1) is 16.3 Å². The van der Waals surface area contributed by atoms with Crippen LogP contribution in [0.2, 0.25) is 0 Å². The first-order valence-corrected chi connectivity index (χ1v) is 9.31. The summed E-state index contributed by atoms with van der Waals surface area (Å²) in [6.45, 7) is 4.70. The maximum Gasteiger partial charge on any atom is 0.262 e. The molecule has 1 N–H and O–H groups in total. The van der Waals surface area contributed by atoms with Crippen molar-refractivity contribution in [2.45, 2.75) is 31.8 Å². The number of aryl methyl sites for hydroxylation is 2. The Balaban J connectivity index is 1.86. The fourth-order valence-corrected chi connectivity index (χ4v) is 3.78. The molecule has 3 rings (SSSR count). The minimum Gasteiger partial charge on any atom is -0.482 e. The number of anilines is 1. The number of ether oxygens (including phenoxy) is 1. The van der Waals surface area contributed by atoms with Crippen LogP contribution in [0.5, 0.6) is 5.75 Å². The molecule has 25 heavy (non-hydrogen) atoms. The van der Waals surface area contributed by atoms with Crippen LogP contribution in [0.3, 0.4) is 0 Å². The highest BCUT2D eigenvalue weighted by molar-refractivity contribution is 7.89. The summed E-state index contributed by atoms with van der Waals surface area (Å²) in [6.07, 6.45) is 1.85. The molecular weight excluding hydrogens is 344 g/mol. The predicted molar refractivity (Wildman–Crippen MR) is 91.9 cm³/mol. The van der Waals surface area contributed by atoms with E-state index in [4.69, 9.17) is 4.74 Å². The molecule has 1 aliphatic heterocycles. The fraction of sp³-hybridized carbons (Fsp3) is 0.375. The first-order valence-electron chi connectivity index (χ1n) is 7.87. The van der Waals surface area contributed by atoms with Crippen molar-refractivity contribution in [1.82, 2.24) is 14.1 Å². The normalized spacial score (nSPS) is 14.2. The van der Waals surface area contributed by atoms with Crippen LogP contribution >= 0.6 is 0 Å². The van der Waals surface area contributed by atoms with Crippen molar-refractivity contribution in [1.29, 1.82) is 0 Å². The Morgan fingerprint density at radius 2 is 2.16 bits per heavy atom. The highest BCUT2D eigenvalue weighted by atomic mass is 32.2. The lowest BCUT2D eigenvalue weighted by molar-refractivity contribution is -0.118. The molecule has 0 radical (unpaired) electrons. The maximum absolute atomic E-state index is 12.8. The molecule has 0 spiro atoms. The molecule has 2 aromatic rings. The molecular formula is C16H20N4O4S. The number of hydrogen-bond donors (Lipinski definition) is 1. The van der Waals surface area contributed by atoms with E-state index in [1.165, 1.54) is 23.5 Å². The molecule has 0 aliphatic carbocycles. The van der Waals surface area contributed by atoms with Gasteiger partial charge in [0.25, 0.3) is 5.91 Å². The summed E-state index contributed by atoms with van der Waals surface area (Å²) < 4.78 is 34.0. The highest BCUT2D eigenvalue weighted by Crippen LogP contribution is 2.31. The molecule has 1 aliphatic rings. The lowest BCUT2D eigenvalue weighted by Gasteiger charge is -2.21. The third-order valence-corrected chi connectivity index (χ3v) is 5.86. The van der Waals surface area contributed by atoms with E-state index in [2.05, 4.69) is 10.4 Å². The van der Waals surface area contributed by atoms with Crippen LogP contribution in [-0.4, -0.2) is 42.1 Å². The average molecular weight is 364 g/mol. The van der Waals surface area contributed by atoms with Gasteiger partial charge in [-0.3, -0.25) is 9.48 Å². The van der Waals surface area contributed by atoms with Gasteiger partial charge < -0.3 is 10.1 Å². The second kappa shape index (κ2) is 6.49. The Hall–Kier alpha value is -2.39. The molecule has 0 unspecified atom stereocenters. The minimum absolute atomic E-state index is 0.0697. The van der Waals surface area contributed by atoms with Crippen LogP contribution in [0.25, 0.3) is 0 Å². The van der Waals surface area contributed by atoms with E-state index in [0.717, 1.165) is 17.8 Å². The summed E-state index contributed by atoms with van der Waals surface area (Å²) in [5, 5.41) is 6.95. The van der Waals surface area contributed by atoms with Gasteiger partial charge in [0.15, 0.2) is 6.61 Å². The number of amides is 1. The van der Waals surface area contributed by atoms with Crippen LogP contribution in [0.15, 0.2) is 29.3 Å². The topological polar surface area (TPSA) is 93.5 Å². The molecule has 0 saturated carbocycles. The summed E-state index contributed by atoms with van der Waals surface area (Å²) in [7, 11) is -2.19. The monoisotopic (exact) mass is 364 g/mol. The second-order valence-corrected chi connectivity index (χ2v) is 7.90. The van der Waals surface area contributed by atoms with Crippen LogP contribution in [0.1, 0.15) is 18.2 Å². The van der Waals surface area contributed by atoms with Crippen molar-refractivity contribution in [2.24, 2.45) is 0 Å². The van der Waals surface area contributed by atoms with Gasteiger partial charge in [-0.2, -0.15) is 9.40 Å². The summed E-state index contributed by atoms with van der Waals surface area (Å²) >= 11 is 0. The zero-order chi connectivity index (χ0) is 18.2. The summed E-state index contributed by atoms with van der Waals surface area (Å²) in [6, 6.07) is 4.45. The number of nitrogens with zero attached hydrogens (tertiary/aromatic N) is 3. The molecule has 1 amide bonds. The molecule has 134 valence electrons. The first-order chi connectivity index (χ1) is 11.8. The van der Waals surface area contributed by atoms with Crippen molar-refractivity contribution in [3.63, 3.8) is 0 Å². The number of nitrogens with one attached hydrogen (secondary N) is 1. The van der Waals surface area contributed by atoms with Crippen molar-refractivity contribution in [2.75, 3.05) is 19.0 Å². The van der Waals surface area contributed by atoms with Gasteiger partial charge in [-0.05, 0) is 32.0 Å². The van der Waals surface area contributed by atoms with Crippen LogP contribution < -0.4 is 10.1 Å². The van der Waals surface area contributed by atoms with E-state index in [-0.39, 0.29) is 24.0 Å². The van der Waals surface area contributed by atoms with Gasteiger partial charge in [0, 0.05) is 31.9 Å². The molecule has 0 atom stereocenters. The predicted octanol–water partition coefficient (Wildman–Crippen LogP) is 1.36. The zero-order valence-electron chi connectivity index (χ0n) is 14.3. The number of sulfonamides is 1. The maximum atomic E-state index is 12.8. The largest absolute Gasteiger partial charge is 0.482 e. The third kappa shape index (κ3) is 3.38. The van der Waals surface area contributed by atoms with Crippen molar-refractivity contribution in [3.8, 4) is 5.75 Å². The minimum atomic E-state index is -3.71. The summed E-state index contributed by atoms with van der Waals surface area (Å²) in [4.78, 5) is 11.5. The fourth-order valence-electron chi connectivity index (χ4n) is 2.60. The molecule has 8 nitrogen and oxygen atoms in total. The first kappa shape index (κ1) is 17.4. The van der Waals surface area contributed by atoms with Gasteiger partial charge in [-0.15, -0.1) is 0 Å². The standard InChI is InChI=1S/C16H20N4O4S/c1-4-20-9-12(11(2)18-20)8-19(3)25(22,23)13-5-6-15-14(7-13)17-16(21)10-24-15/h5-7,9H,4,8,10H2,1-3H3,(H,17,21). The third-order valence-electron chi connectivity index (χ3n) is 4.06. The smallest absolute Gasteiger partial charge is 0.262 e. The number of hydrogen-bond acceptors (Lipinski definition) is 5. The number of fused-ring (bicyclic) bond motifs is 1. The SMILES string of the molecule is CCn1cc(CN(C)S(=O)(=O)c2ccc3c(c2)NC(=O)CO3)c(C)n1. The van der Waals surface area contributed by atoms with Gasteiger partial charge in [0.2, 0.25) is 10.0 Å². The zero-order valence-corrected chi connectivity index (χ0v) is 15.1. The van der Waals surface area contributed by atoms with E-state index in [1.807, 2.05) is 20.0 Å². The lowest BCUT2D eigenvalue weighted by Crippen LogP contribution is -2.28. The number of aromatic nitrogens is 2.